The van der Waals surface area contributed by atoms with Crippen molar-refractivity contribution >= 4 is 11.8 Å². The highest BCUT2D eigenvalue weighted by atomic mass is 16.5. The molecule has 2 atom stereocenters. The lowest BCUT2D eigenvalue weighted by molar-refractivity contribution is -0.157. The van der Waals surface area contributed by atoms with Gasteiger partial charge in [-0.05, 0) is 38.5 Å². The molecule has 118 valence electrons. The average molecular weight is 294 g/mol. The summed E-state index contributed by atoms with van der Waals surface area (Å²) in [7, 11) is 0. The van der Waals surface area contributed by atoms with Crippen LogP contribution in [0.1, 0.15) is 51.9 Å². The average Bonchev–Trinajstić information content (AvgIpc) is 2.51. The molecule has 1 N–H and O–H groups in total. The zero-order valence-electron chi connectivity index (χ0n) is 12.9. The van der Waals surface area contributed by atoms with E-state index in [1.54, 1.807) is 4.90 Å². The first kappa shape index (κ1) is 14.8. The molecule has 0 radical (unpaired) electrons. The molecule has 0 aromatic carbocycles. The van der Waals surface area contributed by atoms with E-state index in [1.165, 1.54) is 19.3 Å². The van der Waals surface area contributed by atoms with Gasteiger partial charge in [0.2, 0.25) is 11.8 Å². The van der Waals surface area contributed by atoms with Crippen LogP contribution >= 0.6 is 0 Å². The van der Waals surface area contributed by atoms with Crippen molar-refractivity contribution in [1.82, 2.24) is 10.2 Å². The third-order valence-corrected chi connectivity index (χ3v) is 5.34. The fraction of sp³-hybridized carbons (Fsp3) is 0.875. The van der Waals surface area contributed by atoms with Crippen molar-refractivity contribution in [3.8, 4) is 0 Å². The molecule has 0 aromatic rings. The Morgan fingerprint density at radius 1 is 1.19 bits per heavy atom. The Hall–Kier alpha value is -1.10. The van der Waals surface area contributed by atoms with Crippen LogP contribution in [-0.2, 0) is 14.3 Å². The monoisotopic (exact) mass is 294 g/mol. The van der Waals surface area contributed by atoms with Crippen LogP contribution in [0.2, 0.25) is 0 Å². The van der Waals surface area contributed by atoms with Crippen LogP contribution in [-0.4, -0.2) is 48.1 Å². The first-order valence-corrected chi connectivity index (χ1v) is 8.29. The summed E-state index contributed by atoms with van der Waals surface area (Å²) < 4.78 is 5.58. The highest BCUT2D eigenvalue weighted by Gasteiger charge is 2.46. The second kappa shape index (κ2) is 5.95. The van der Waals surface area contributed by atoms with E-state index in [2.05, 4.69) is 12.2 Å². The van der Waals surface area contributed by atoms with Crippen molar-refractivity contribution in [3.63, 3.8) is 0 Å². The second-order valence-corrected chi connectivity index (χ2v) is 7.02. The van der Waals surface area contributed by atoms with Gasteiger partial charge in [-0.25, -0.2) is 0 Å². The van der Waals surface area contributed by atoms with E-state index < -0.39 is 0 Å². The minimum atomic E-state index is -0.319. The molecule has 5 heteroatoms. The lowest BCUT2D eigenvalue weighted by atomic mass is 9.81. The minimum absolute atomic E-state index is 0.0167. The molecule has 2 aliphatic heterocycles. The molecule has 1 saturated carbocycles. The molecule has 2 saturated heterocycles. The molecule has 3 aliphatic rings. The van der Waals surface area contributed by atoms with Crippen molar-refractivity contribution < 1.29 is 14.3 Å². The van der Waals surface area contributed by atoms with Gasteiger partial charge in [0, 0.05) is 6.61 Å². The summed E-state index contributed by atoms with van der Waals surface area (Å²) in [6.07, 6.45) is 7.57. The Labute approximate surface area is 126 Å². The van der Waals surface area contributed by atoms with Crippen LogP contribution in [0, 0.1) is 5.92 Å². The Bertz CT molecular complexity index is 412. The largest absolute Gasteiger partial charge is 0.379 e. The third-order valence-electron chi connectivity index (χ3n) is 5.34. The first-order valence-electron chi connectivity index (χ1n) is 8.29. The van der Waals surface area contributed by atoms with Gasteiger partial charge in [0.15, 0.2) is 0 Å². The molecule has 0 aromatic heterocycles. The summed E-state index contributed by atoms with van der Waals surface area (Å²) in [6.45, 7) is 3.54. The number of ether oxygens (including phenoxy) is 1. The fourth-order valence-corrected chi connectivity index (χ4v) is 4.05. The Kier molecular flexibility index (Phi) is 4.20. The fourth-order valence-electron chi connectivity index (χ4n) is 4.05. The van der Waals surface area contributed by atoms with Gasteiger partial charge in [-0.15, -0.1) is 0 Å². The number of carbonyl (C=O) groups excluding carboxylic acids is 2. The Balaban J connectivity index is 1.77. The van der Waals surface area contributed by atoms with Crippen LogP contribution in [0.5, 0.6) is 0 Å². The smallest absolute Gasteiger partial charge is 0.246 e. The van der Waals surface area contributed by atoms with Crippen molar-refractivity contribution in [1.29, 1.82) is 0 Å². The van der Waals surface area contributed by atoms with Crippen LogP contribution in [0.25, 0.3) is 0 Å². The number of nitrogens with zero attached hydrogens (tertiary/aromatic N) is 1. The predicted octanol–water partition coefficient (Wildman–Crippen LogP) is 1.46. The number of rotatable bonds is 2. The summed E-state index contributed by atoms with van der Waals surface area (Å²) in [4.78, 5) is 26.8. The molecule has 3 fully saturated rings. The van der Waals surface area contributed by atoms with E-state index in [9.17, 15) is 9.59 Å². The van der Waals surface area contributed by atoms with Crippen LogP contribution in [0.3, 0.4) is 0 Å². The molecule has 2 amide bonds. The summed E-state index contributed by atoms with van der Waals surface area (Å²) in [5.41, 5.74) is -0.319. The number of hydrogen-bond acceptors (Lipinski definition) is 3. The predicted molar refractivity (Wildman–Crippen MR) is 78.7 cm³/mol. The highest BCUT2D eigenvalue weighted by molar-refractivity contribution is 5.95. The highest BCUT2D eigenvalue weighted by Crippen LogP contribution is 2.32. The van der Waals surface area contributed by atoms with Gasteiger partial charge in [0.1, 0.15) is 12.6 Å². The summed E-state index contributed by atoms with van der Waals surface area (Å²) in [6, 6.07) is -0.315. The molecular weight excluding hydrogens is 268 g/mol. The van der Waals surface area contributed by atoms with Crippen molar-refractivity contribution in [3.05, 3.63) is 0 Å². The van der Waals surface area contributed by atoms with Crippen molar-refractivity contribution in [2.45, 2.75) is 63.5 Å². The Morgan fingerprint density at radius 3 is 2.62 bits per heavy atom. The van der Waals surface area contributed by atoms with Gasteiger partial charge in [-0.3, -0.25) is 9.59 Å². The van der Waals surface area contributed by atoms with E-state index in [0.717, 1.165) is 32.3 Å². The number of carbonyl (C=O) groups is 2. The summed E-state index contributed by atoms with van der Waals surface area (Å²) in [5.74, 6) is 0.401. The topological polar surface area (TPSA) is 58.6 Å². The van der Waals surface area contributed by atoms with Gasteiger partial charge >= 0.3 is 0 Å². The van der Waals surface area contributed by atoms with Gasteiger partial charge in [-0.1, -0.05) is 19.3 Å². The van der Waals surface area contributed by atoms with Gasteiger partial charge in [0.25, 0.3) is 0 Å². The quantitative estimate of drug-likeness (QED) is 0.839. The molecule has 3 rings (SSSR count). The van der Waals surface area contributed by atoms with Crippen LogP contribution in [0.15, 0.2) is 0 Å². The second-order valence-electron chi connectivity index (χ2n) is 7.02. The maximum atomic E-state index is 12.9. The molecule has 5 nitrogen and oxygen atoms in total. The molecule has 2 heterocycles. The molecule has 2 unspecified atom stereocenters. The first-order chi connectivity index (χ1) is 10.1. The number of hydrogen-bond donors (Lipinski definition) is 1. The van der Waals surface area contributed by atoms with E-state index in [4.69, 9.17) is 4.74 Å². The Morgan fingerprint density at radius 2 is 1.95 bits per heavy atom. The molecule has 1 aliphatic carbocycles. The summed E-state index contributed by atoms with van der Waals surface area (Å²) >= 11 is 0. The van der Waals surface area contributed by atoms with Gasteiger partial charge in [0.05, 0.1) is 12.1 Å². The lowest BCUT2D eigenvalue weighted by Gasteiger charge is -2.48. The third kappa shape index (κ3) is 2.93. The van der Waals surface area contributed by atoms with Crippen molar-refractivity contribution in [2.75, 3.05) is 19.8 Å². The van der Waals surface area contributed by atoms with E-state index in [0.29, 0.717) is 12.5 Å². The number of piperazine rings is 1. The van der Waals surface area contributed by atoms with Crippen LogP contribution < -0.4 is 5.32 Å². The SMILES string of the molecule is CC1(N2CC(=O)NC(C3CCCCC3)C2=O)CCCOC1. The maximum absolute atomic E-state index is 12.9. The zero-order valence-corrected chi connectivity index (χ0v) is 12.9. The van der Waals surface area contributed by atoms with E-state index in [1.807, 2.05) is 0 Å². The minimum Gasteiger partial charge on any atom is -0.379 e. The van der Waals surface area contributed by atoms with Gasteiger partial charge < -0.3 is 15.0 Å². The zero-order chi connectivity index (χ0) is 14.9. The van der Waals surface area contributed by atoms with Crippen LogP contribution in [0.4, 0.5) is 0 Å². The van der Waals surface area contributed by atoms with E-state index >= 15 is 0 Å². The number of nitrogens with one attached hydrogen (secondary N) is 1. The molecular formula is C16H26N2O3. The van der Waals surface area contributed by atoms with E-state index in [-0.39, 0.29) is 29.9 Å². The normalized spacial score (nSPS) is 35.7. The van der Waals surface area contributed by atoms with Crippen molar-refractivity contribution in [2.24, 2.45) is 5.92 Å². The standard InChI is InChI=1S/C16H26N2O3/c1-16(8-5-9-21-11-16)18-10-13(19)17-14(15(18)20)12-6-3-2-4-7-12/h12,14H,2-11H2,1H3,(H,17,19). The molecule has 21 heavy (non-hydrogen) atoms. The summed E-state index contributed by atoms with van der Waals surface area (Å²) in [5, 5.41) is 2.95. The van der Waals surface area contributed by atoms with Gasteiger partial charge in [-0.2, -0.15) is 0 Å². The maximum Gasteiger partial charge on any atom is 0.246 e. The lowest BCUT2D eigenvalue weighted by Crippen LogP contribution is -2.67. The number of amides is 2. The molecule has 0 spiro atoms. The molecule has 0 bridgehead atoms.